The zero-order valence-corrected chi connectivity index (χ0v) is 7.34. The van der Waals surface area contributed by atoms with Crippen LogP contribution in [0.15, 0.2) is 0 Å². The molecule has 0 aromatic carbocycles. The maximum atomic E-state index is 9.86. The van der Waals surface area contributed by atoms with Crippen LogP contribution in [0.25, 0.3) is 0 Å². The van der Waals surface area contributed by atoms with Gasteiger partial charge < -0.3 is 14.6 Å². The molecule has 0 saturated carbocycles. The van der Waals surface area contributed by atoms with Crippen molar-refractivity contribution in [1.82, 2.24) is 0 Å². The summed E-state index contributed by atoms with van der Waals surface area (Å²) in [7, 11) is 0. The number of carboxylic acid groups (broad SMARTS) is 1. The van der Waals surface area contributed by atoms with Crippen molar-refractivity contribution in [2.75, 3.05) is 6.61 Å². The van der Waals surface area contributed by atoms with Crippen molar-refractivity contribution in [1.29, 1.82) is 0 Å². The molecule has 0 aliphatic heterocycles. The first kappa shape index (κ1) is 11.7. The van der Waals surface area contributed by atoms with E-state index >= 15 is 0 Å². The molecule has 0 spiro atoms. The third kappa shape index (κ3) is 5.82. The van der Waals surface area contributed by atoms with E-state index in [9.17, 15) is 14.7 Å². The van der Waals surface area contributed by atoms with Crippen molar-refractivity contribution in [3.63, 3.8) is 0 Å². The number of rotatable bonds is 1. The molecule has 0 N–H and O–H groups in total. The quantitative estimate of drug-likeness (QED) is 0.208. The summed E-state index contributed by atoms with van der Waals surface area (Å²) in [6, 6.07) is 0. The first-order chi connectivity index (χ1) is 3.68. The van der Waals surface area contributed by atoms with Crippen LogP contribution in [-0.4, -0.2) is 18.5 Å². The van der Waals surface area contributed by atoms with Gasteiger partial charge in [0.1, 0.15) is 0 Å². The number of hydrogen-bond acceptors (Lipinski definition) is 4. The minimum Gasteiger partial charge on any atom is -0.539 e. The second-order valence-corrected chi connectivity index (χ2v) is 1.01. The number of carbonyl (C=O) groups excluding carboxylic acids is 2. The number of carbonyl (C=O) groups is 2. The maximum Gasteiger partial charge on any atom is 1.00 e. The van der Waals surface area contributed by atoms with Crippen LogP contribution < -0.4 is 34.7 Å². The Kier molecular flexibility index (Phi) is 7.89. The van der Waals surface area contributed by atoms with E-state index < -0.39 is 11.9 Å². The first-order valence-corrected chi connectivity index (χ1v) is 2.06. The van der Waals surface area contributed by atoms with Gasteiger partial charge in [0.05, 0.1) is 6.61 Å². The van der Waals surface area contributed by atoms with Crippen molar-refractivity contribution in [2.45, 2.75) is 6.92 Å². The summed E-state index contributed by atoms with van der Waals surface area (Å²) < 4.78 is 4.00. The fraction of sp³-hybridized carbons (Fsp3) is 0.500. The third-order valence-corrected chi connectivity index (χ3v) is 0.442. The third-order valence-electron chi connectivity index (χ3n) is 0.442. The van der Waals surface area contributed by atoms with E-state index in [1.807, 2.05) is 0 Å². The van der Waals surface area contributed by atoms with Crippen molar-refractivity contribution >= 4 is 11.9 Å². The van der Waals surface area contributed by atoms with Crippen LogP contribution in [0.4, 0.5) is 0 Å². The van der Waals surface area contributed by atoms with E-state index in [4.69, 9.17) is 0 Å². The molecular weight excluding hydrogens is 135 g/mol. The Labute approximate surface area is 74.5 Å². The fourth-order valence-electron chi connectivity index (χ4n) is 0.190. The molecule has 0 radical (unpaired) electrons. The molecule has 0 unspecified atom stereocenters. The Bertz CT molecular complexity index is 111. The molecule has 0 aliphatic carbocycles. The standard InChI is InChI=1S/C4H6O4.Na/c1-2-8-4(7)3(5)6;/h2H2,1H3,(H,5,6);/q;+1/p-1. The molecule has 0 heterocycles. The van der Waals surface area contributed by atoms with Crippen LogP contribution in [0.3, 0.4) is 0 Å². The van der Waals surface area contributed by atoms with E-state index in [-0.39, 0.29) is 36.2 Å². The Morgan fingerprint density at radius 1 is 1.56 bits per heavy atom. The number of esters is 1. The Morgan fingerprint density at radius 3 is 2.11 bits per heavy atom. The predicted octanol–water partition coefficient (Wildman–Crippen LogP) is -4.70. The predicted molar refractivity (Wildman–Crippen MR) is 21.6 cm³/mol. The van der Waals surface area contributed by atoms with Crippen molar-refractivity contribution in [3.05, 3.63) is 0 Å². The van der Waals surface area contributed by atoms with Gasteiger partial charge in [-0.25, -0.2) is 4.79 Å². The molecule has 46 valence electrons. The average molecular weight is 140 g/mol. The van der Waals surface area contributed by atoms with Crippen LogP contribution >= 0.6 is 0 Å². The molecule has 5 heteroatoms. The SMILES string of the molecule is CCOC(=O)C(=O)[O-].[Na+]. The minimum absolute atomic E-state index is 0. The molecule has 0 fully saturated rings. The fourth-order valence-corrected chi connectivity index (χ4v) is 0.190. The molecule has 0 aliphatic rings. The van der Waals surface area contributed by atoms with E-state index in [2.05, 4.69) is 4.74 Å². The number of hydrogen-bond donors (Lipinski definition) is 0. The first-order valence-electron chi connectivity index (χ1n) is 2.06. The second-order valence-electron chi connectivity index (χ2n) is 1.01. The summed E-state index contributed by atoms with van der Waals surface area (Å²) in [5.41, 5.74) is 0. The van der Waals surface area contributed by atoms with Gasteiger partial charge in [-0.05, 0) is 6.92 Å². The van der Waals surface area contributed by atoms with Gasteiger partial charge in [-0.15, -0.1) is 0 Å². The maximum absolute atomic E-state index is 9.86. The Morgan fingerprint density at radius 2 is 2.00 bits per heavy atom. The van der Waals surface area contributed by atoms with E-state index in [0.29, 0.717) is 0 Å². The van der Waals surface area contributed by atoms with Crippen LogP contribution in [-0.2, 0) is 14.3 Å². The largest absolute Gasteiger partial charge is 1.00 e. The molecule has 4 nitrogen and oxygen atoms in total. The molecule has 0 rings (SSSR count). The zero-order chi connectivity index (χ0) is 6.57. The Balaban J connectivity index is 0. The van der Waals surface area contributed by atoms with Crippen LogP contribution in [0.1, 0.15) is 6.92 Å². The van der Waals surface area contributed by atoms with Gasteiger partial charge in [0.2, 0.25) is 0 Å². The molecule has 0 atom stereocenters. The monoisotopic (exact) mass is 140 g/mol. The average Bonchev–Trinajstić information content (AvgIpc) is 1.67. The number of aliphatic carboxylic acids is 1. The molecule has 0 saturated heterocycles. The van der Waals surface area contributed by atoms with Gasteiger partial charge in [0.25, 0.3) is 0 Å². The van der Waals surface area contributed by atoms with Gasteiger partial charge >= 0.3 is 35.5 Å². The summed E-state index contributed by atoms with van der Waals surface area (Å²) in [4.78, 5) is 19.4. The number of carboxylic acids is 1. The van der Waals surface area contributed by atoms with Crippen molar-refractivity contribution in [2.24, 2.45) is 0 Å². The molecule has 9 heavy (non-hydrogen) atoms. The van der Waals surface area contributed by atoms with Crippen molar-refractivity contribution < 1.29 is 49.0 Å². The zero-order valence-electron chi connectivity index (χ0n) is 5.34. The van der Waals surface area contributed by atoms with Crippen LogP contribution in [0, 0.1) is 0 Å². The van der Waals surface area contributed by atoms with Gasteiger partial charge in [0, 0.05) is 0 Å². The van der Waals surface area contributed by atoms with Gasteiger partial charge in [-0.3, -0.25) is 0 Å². The summed E-state index contributed by atoms with van der Waals surface area (Å²) in [6.45, 7) is 1.58. The Hall–Kier alpha value is -0.0600. The summed E-state index contributed by atoms with van der Waals surface area (Å²) in [6.07, 6.45) is 0. The van der Waals surface area contributed by atoms with Gasteiger partial charge in [0.15, 0.2) is 5.97 Å². The van der Waals surface area contributed by atoms with Gasteiger partial charge in [-0.1, -0.05) is 0 Å². The van der Waals surface area contributed by atoms with E-state index in [1.54, 1.807) is 0 Å². The second kappa shape index (κ2) is 6.07. The molecule has 0 amide bonds. The topological polar surface area (TPSA) is 66.4 Å². The van der Waals surface area contributed by atoms with Gasteiger partial charge in [-0.2, -0.15) is 0 Å². The minimum atomic E-state index is -1.80. The molecule has 0 aromatic heterocycles. The molecule has 0 aromatic rings. The smallest absolute Gasteiger partial charge is 0.539 e. The van der Waals surface area contributed by atoms with Crippen molar-refractivity contribution in [3.8, 4) is 0 Å². The molecular formula is C4H5NaO4. The number of ether oxygens (including phenoxy) is 1. The van der Waals surface area contributed by atoms with Crippen LogP contribution in [0.2, 0.25) is 0 Å². The summed E-state index contributed by atoms with van der Waals surface area (Å²) >= 11 is 0. The summed E-state index contributed by atoms with van der Waals surface area (Å²) in [5.74, 6) is -3.11. The molecule has 0 bridgehead atoms. The van der Waals surface area contributed by atoms with E-state index in [0.717, 1.165) is 0 Å². The summed E-state index contributed by atoms with van der Waals surface area (Å²) in [5, 5.41) is 9.50. The van der Waals surface area contributed by atoms with Crippen LogP contribution in [0.5, 0.6) is 0 Å². The van der Waals surface area contributed by atoms with E-state index in [1.165, 1.54) is 6.92 Å². The normalized spacial score (nSPS) is 7.22.